The molecule has 5 atom stereocenters. The molecular weight excluding hydrogens is 455 g/mol. The fraction of sp³-hybridized carbons (Fsp3) is 0.462. The zero-order chi connectivity index (χ0) is 22.2. The molecule has 3 rings (SSSR count). The van der Waals surface area contributed by atoms with Crippen LogP contribution in [0.15, 0.2) is 66.7 Å². The summed E-state index contributed by atoms with van der Waals surface area (Å²) in [6.07, 6.45) is -0.116. The molecule has 5 heteroatoms. The van der Waals surface area contributed by atoms with Crippen molar-refractivity contribution in [2.75, 3.05) is 13.7 Å². The first-order valence-corrected chi connectivity index (χ1v) is 12.9. The molecular formula is C26H34O4Se. The zero-order valence-corrected chi connectivity index (χ0v) is 20.7. The van der Waals surface area contributed by atoms with Crippen molar-refractivity contribution in [1.29, 1.82) is 0 Å². The van der Waals surface area contributed by atoms with E-state index in [1.807, 2.05) is 31.2 Å². The van der Waals surface area contributed by atoms with Crippen molar-refractivity contribution >= 4 is 19.4 Å². The van der Waals surface area contributed by atoms with Crippen molar-refractivity contribution in [3.8, 4) is 5.75 Å². The van der Waals surface area contributed by atoms with Crippen molar-refractivity contribution in [1.82, 2.24) is 0 Å². The standard InChI is InChI=1S/C26H34O4Se/c1-18(2)25-20(4)26(30-24(29-25)17-31-23-9-7-6-8-10-23)19(3)15-28-16-21-11-13-22(27-5)14-12-21/h6-14,19-20,24-26H,1,15-17H2,2-5H3/t19-,20-,24?,25-,26-/m0/s1. The molecule has 31 heavy (non-hydrogen) atoms. The Hall–Kier alpha value is -1.62. The molecule has 1 saturated heterocycles. The van der Waals surface area contributed by atoms with E-state index in [0.717, 1.165) is 22.2 Å². The summed E-state index contributed by atoms with van der Waals surface area (Å²) in [4.78, 5) is 0. The first kappa shape index (κ1) is 24.0. The number of rotatable bonds is 10. The van der Waals surface area contributed by atoms with Gasteiger partial charge in [-0.25, -0.2) is 0 Å². The van der Waals surface area contributed by atoms with Gasteiger partial charge in [0, 0.05) is 0 Å². The van der Waals surface area contributed by atoms with E-state index in [1.165, 1.54) is 4.46 Å². The Morgan fingerprint density at radius 3 is 2.45 bits per heavy atom. The summed E-state index contributed by atoms with van der Waals surface area (Å²) in [5, 5.41) is 0.892. The molecule has 2 aromatic rings. The van der Waals surface area contributed by atoms with Gasteiger partial charge in [-0.2, -0.15) is 0 Å². The van der Waals surface area contributed by atoms with E-state index in [0.29, 0.717) is 28.2 Å². The van der Waals surface area contributed by atoms with Crippen LogP contribution in [0.4, 0.5) is 0 Å². The molecule has 1 heterocycles. The molecule has 1 aliphatic rings. The SMILES string of the molecule is C=C(C)[C@@H]1OC(C[Se]c2ccccc2)O[C@@H]([C@@H](C)COCc2ccc(OC)cc2)[C@H]1C. The van der Waals surface area contributed by atoms with E-state index in [1.54, 1.807) is 7.11 Å². The van der Waals surface area contributed by atoms with Gasteiger partial charge in [0.2, 0.25) is 0 Å². The molecule has 0 aliphatic carbocycles. The Bertz CT molecular complexity index is 808. The van der Waals surface area contributed by atoms with Gasteiger partial charge < -0.3 is 4.74 Å². The number of ether oxygens (including phenoxy) is 4. The number of benzene rings is 2. The van der Waals surface area contributed by atoms with Crippen LogP contribution in [-0.4, -0.2) is 47.2 Å². The van der Waals surface area contributed by atoms with Crippen LogP contribution in [0.1, 0.15) is 26.3 Å². The van der Waals surface area contributed by atoms with Gasteiger partial charge in [-0.1, -0.05) is 0 Å². The summed E-state index contributed by atoms with van der Waals surface area (Å²) in [6.45, 7) is 11.8. The monoisotopic (exact) mass is 490 g/mol. The van der Waals surface area contributed by atoms with Crippen molar-refractivity contribution in [2.24, 2.45) is 11.8 Å². The first-order valence-electron chi connectivity index (χ1n) is 10.8. The summed E-state index contributed by atoms with van der Waals surface area (Å²) in [5.74, 6) is 1.35. The normalized spacial score (nSPS) is 24.5. The molecule has 0 N–H and O–H groups in total. The van der Waals surface area contributed by atoms with Gasteiger partial charge in [0.15, 0.2) is 0 Å². The summed E-state index contributed by atoms with van der Waals surface area (Å²) in [7, 11) is 1.68. The molecule has 4 nitrogen and oxygen atoms in total. The molecule has 1 unspecified atom stereocenters. The van der Waals surface area contributed by atoms with E-state index in [2.05, 4.69) is 50.8 Å². The number of hydrogen-bond donors (Lipinski definition) is 0. The van der Waals surface area contributed by atoms with Gasteiger partial charge in [-0.15, -0.1) is 0 Å². The number of methoxy groups -OCH3 is 1. The molecule has 2 aromatic carbocycles. The second kappa shape index (κ2) is 11.8. The molecule has 1 aliphatic heterocycles. The molecule has 0 bridgehead atoms. The topological polar surface area (TPSA) is 36.9 Å². The third-order valence-corrected chi connectivity index (χ3v) is 7.78. The fourth-order valence-corrected chi connectivity index (χ4v) is 5.70. The van der Waals surface area contributed by atoms with Gasteiger partial charge in [0.25, 0.3) is 0 Å². The maximum atomic E-state index is 6.45. The van der Waals surface area contributed by atoms with Crippen molar-refractivity contribution in [3.63, 3.8) is 0 Å². The Balaban J connectivity index is 1.56. The Kier molecular flexibility index (Phi) is 9.18. The van der Waals surface area contributed by atoms with E-state index in [9.17, 15) is 0 Å². The van der Waals surface area contributed by atoms with Crippen molar-refractivity contribution in [3.05, 3.63) is 72.3 Å². The van der Waals surface area contributed by atoms with Gasteiger partial charge in [0.1, 0.15) is 0 Å². The predicted molar refractivity (Wildman–Crippen MR) is 126 cm³/mol. The van der Waals surface area contributed by atoms with Crippen LogP contribution in [0.2, 0.25) is 5.32 Å². The summed E-state index contributed by atoms with van der Waals surface area (Å²) >= 11 is 0.310. The third-order valence-electron chi connectivity index (χ3n) is 5.59. The van der Waals surface area contributed by atoms with Crippen molar-refractivity contribution < 1.29 is 18.9 Å². The third kappa shape index (κ3) is 6.93. The maximum absolute atomic E-state index is 6.45. The van der Waals surface area contributed by atoms with Crippen LogP contribution < -0.4 is 9.20 Å². The fourth-order valence-electron chi connectivity index (χ4n) is 3.95. The molecule has 0 aromatic heterocycles. The van der Waals surface area contributed by atoms with Crippen molar-refractivity contribution in [2.45, 2.75) is 51.2 Å². The van der Waals surface area contributed by atoms with Gasteiger partial charge in [-0.3, -0.25) is 0 Å². The second-order valence-corrected chi connectivity index (χ2v) is 10.6. The number of hydrogen-bond acceptors (Lipinski definition) is 4. The molecule has 0 radical (unpaired) electrons. The van der Waals surface area contributed by atoms with Crippen LogP contribution in [0.5, 0.6) is 5.75 Å². The minimum absolute atomic E-state index is 0.0133. The van der Waals surface area contributed by atoms with Crippen LogP contribution in [0.25, 0.3) is 0 Å². The van der Waals surface area contributed by atoms with Crippen LogP contribution in [-0.2, 0) is 20.8 Å². The minimum atomic E-state index is -0.202. The van der Waals surface area contributed by atoms with Gasteiger partial charge in [-0.05, 0) is 0 Å². The summed E-state index contributed by atoms with van der Waals surface area (Å²) < 4.78 is 25.4. The first-order chi connectivity index (χ1) is 15.0. The predicted octanol–water partition coefficient (Wildman–Crippen LogP) is 4.62. The zero-order valence-electron chi connectivity index (χ0n) is 19.0. The Morgan fingerprint density at radius 1 is 1.10 bits per heavy atom. The van der Waals surface area contributed by atoms with E-state index in [4.69, 9.17) is 18.9 Å². The molecule has 1 fully saturated rings. The van der Waals surface area contributed by atoms with Crippen LogP contribution >= 0.6 is 0 Å². The molecule has 0 amide bonds. The van der Waals surface area contributed by atoms with Gasteiger partial charge in [0.05, 0.1) is 7.11 Å². The molecule has 0 spiro atoms. The second-order valence-electron chi connectivity index (χ2n) is 8.26. The van der Waals surface area contributed by atoms with Crippen LogP contribution in [0, 0.1) is 11.8 Å². The summed E-state index contributed by atoms with van der Waals surface area (Å²) in [6, 6.07) is 18.6. The van der Waals surface area contributed by atoms with Crippen LogP contribution in [0.3, 0.4) is 0 Å². The van der Waals surface area contributed by atoms with E-state index < -0.39 is 0 Å². The summed E-state index contributed by atoms with van der Waals surface area (Å²) in [5.41, 5.74) is 2.20. The Labute approximate surface area is 193 Å². The molecule has 168 valence electrons. The molecule has 0 saturated carbocycles. The average molecular weight is 490 g/mol. The van der Waals surface area contributed by atoms with Gasteiger partial charge >= 0.3 is 181 Å². The van der Waals surface area contributed by atoms with E-state index in [-0.39, 0.29) is 30.3 Å². The van der Waals surface area contributed by atoms with E-state index >= 15 is 0 Å². The Morgan fingerprint density at radius 2 is 1.81 bits per heavy atom. The average Bonchev–Trinajstić information content (AvgIpc) is 2.79. The quantitative estimate of drug-likeness (QED) is 0.361.